The van der Waals surface area contributed by atoms with Gasteiger partial charge in [0.15, 0.2) is 11.5 Å². The number of non-ortho nitro benzene ring substituents is 1. The number of carbonyl (C=O) groups is 1. The van der Waals surface area contributed by atoms with Gasteiger partial charge in [-0.05, 0) is 66.2 Å². The van der Waals surface area contributed by atoms with Crippen LogP contribution in [0.4, 0.5) is 17.1 Å². The number of rotatable bonds is 11. The van der Waals surface area contributed by atoms with E-state index in [2.05, 4.69) is 20.2 Å². The molecule has 0 aliphatic rings. The minimum Gasteiger partial charge on any atom is -0.497 e. The van der Waals surface area contributed by atoms with E-state index in [1.165, 1.54) is 57.1 Å². The molecule has 0 aliphatic heterocycles. The fraction of sp³-hybridized carbons (Fsp3) is 0.0741. The first-order chi connectivity index (χ1) is 19.7. The Balaban J connectivity index is 1.55. The number of benzene rings is 3. The van der Waals surface area contributed by atoms with E-state index in [-0.39, 0.29) is 28.4 Å². The fourth-order valence-electron chi connectivity index (χ4n) is 3.48. The second-order valence-corrected chi connectivity index (χ2v) is 9.83. The molecule has 0 saturated carbocycles. The average molecular weight is 578 g/mol. The van der Waals surface area contributed by atoms with Crippen LogP contribution in [0.25, 0.3) is 0 Å². The van der Waals surface area contributed by atoms with Crippen molar-refractivity contribution in [2.45, 2.75) is 4.90 Å². The molecule has 0 aliphatic carbocycles. The number of methoxy groups -OCH3 is 2. The molecule has 0 atom stereocenters. The SMILES string of the molecule is COc1ccc(NS(=O)(=O)c2cc([N+](=O)[O-])ccc2N/N=C/c2ccc(OC(=O)c3cccnc3)c(OC)c2)cc1. The van der Waals surface area contributed by atoms with Gasteiger partial charge in [0.1, 0.15) is 10.6 Å². The molecule has 14 heteroatoms. The fourth-order valence-corrected chi connectivity index (χ4v) is 4.71. The molecule has 0 saturated heterocycles. The number of anilines is 2. The maximum Gasteiger partial charge on any atom is 0.345 e. The van der Waals surface area contributed by atoms with Gasteiger partial charge in [-0.1, -0.05) is 0 Å². The van der Waals surface area contributed by atoms with Gasteiger partial charge >= 0.3 is 5.97 Å². The zero-order valence-corrected chi connectivity index (χ0v) is 22.5. The van der Waals surface area contributed by atoms with Crippen LogP contribution in [-0.2, 0) is 10.0 Å². The Labute approximate surface area is 234 Å². The van der Waals surface area contributed by atoms with Crippen LogP contribution >= 0.6 is 0 Å². The number of sulfonamides is 1. The number of nitrogens with one attached hydrogen (secondary N) is 2. The predicted octanol–water partition coefficient (Wildman–Crippen LogP) is 4.47. The van der Waals surface area contributed by atoms with Crippen molar-refractivity contribution in [2.24, 2.45) is 5.10 Å². The lowest BCUT2D eigenvalue weighted by Gasteiger charge is -2.12. The number of carbonyl (C=O) groups excluding carboxylic acids is 1. The van der Waals surface area contributed by atoms with Crippen LogP contribution in [0.3, 0.4) is 0 Å². The van der Waals surface area contributed by atoms with E-state index >= 15 is 0 Å². The normalized spacial score (nSPS) is 11.1. The summed E-state index contributed by atoms with van der Waals surface area (Å²) in [5, 5.41) is 15.4. The number of aromatic nitrogens is 1. The molecule has 0 unspecified atom stereocenters. The van der Waals surface area contributed by atoms with Crippen molar-refractivity contribution >= 4 is 39.3 Å². The molecule has 0 bridgehead atoms. The molecule has 3 aromatic carbocycles. The first-order valence-electron chi connectivity index (χ1n) is 11.7. The van der Waals surface area contributed by atoms with E-state index in [9.17, 15) is 23.3 Å². The lowest BCUT2D eigenvalue weighted by Crippen LogP contribution is -2.15. The van der Waals surface area contributed by atoms with Crippen molar-refractivity contribution < 1.29 is 32.3 Å². The van der Waals surface area contributed by atoms with Gasteiger partial charge in [-0.25, -0.2) is 13.2 Å². The summed E-state index contributed by atoms with van der Waals surface area (Å²) in [6.45, 7) is 0. The van der Waals surface area contributed by atoms with E-state index in [1.54, 1.807) is 36.4 Å². The highest BCUT2D eigenvalue weighted by Gasteiger charge is 2.23. The number of esters is 1. The molecule has 210 valence electrons. The van der Waals surface area contributed by atoms with Gasteiger partial charge in [-0.2, -0.15) is 5.10 Å². The molecule has 0 amide bonds. The minimum absolute atomic E-state index is 0.0122. The first kappa shape index (κ1) is 28.5. The maximum atomic E-state index is 13.2. The highest BCUT2D eigenvalue weighted by Crippen LogP contribution is 2.30. The third-order valence-electron chi connectivity index (χ3n) is 5.49. The van der Waals surface area contributed by atoms with Crippen LogP contribution in [0.2, 0.25) is 0 Å². The number of nitrogens with zero attached hydrogens (tertiary/aromatic N) is 3. The molecule has 0 radical (unpaired) electrons. The van der Waals surface area contributed by atoms with Crippen molar-refractivity contribution in [3.8, 4) is 17.2 Å². The lowest BCUT2D eigenvalue weighted by molar-refractivity contribution is -0.385. The first-order valence-corrected chi connectivity index (χ1v) is 13.2. The predicted molar refractivity (Wildman–Crippen MR) is 150 cm³/mol. The Bertz CT molecular complexity index is 1700. The summed E-state index contributed by atoms with van der Waals surface area (Å²) in [5.41, 5.74) is 3.19. The van der Waals surface area contributed by atoms with E-state index in [4.69, 9.17) is 14.2 Å². The minimum atomic E-state index is -4.27. The lowest BCUT2D eigenvalue weighted by atomic mass is 10.2. The number of ether oxygens (including phenoxy) is 3. The van der Waals surface area contributed by atoms with Crippen LogP contribution in [0, 0.1) is 10.1 Å². The second-order valence-electron chi connectivity index (χ2n) is 8.18. The molecule has 4 rings (SSSR count). The van der Waals surface area contributed by atoms with Gasteiger partial charge in [-0.15, -0.1) is 0 Å². The van der Waals surface area contributed by atoms with Crippen LogP contribution in [0.15, 0.2) is 95.2 Å². The summed E-state index contributed by atoms with van der Waals surface area (Å²) >= 11 is 0. The standard InChI is InChI=1S/C27H23N5O8S/c1-38-22-9-6-20(7-10-22)31-41(36,37)26-15-21(32(34)35)8-11-23(26)30-29-16-18-5-12-24(25(14-18)39-2)40-27(33)19-4-3-13-28-17-19/h3-17,30-31H,1-2H3/b29-16+. The van der Waals surface area contributed by atoms with Gasteiger partial charge in [0.2, 0.25) is 0 Å². The van der Waals surface area contributed by atoms with Gasteiger partial charge in [0.05, 0.1) is 36.6 Å². The van der Waals surface area contributed by atoms with Crippen molar-refractivity contribution in [2.75, 3.05) is 24.4 Å². The average Bonchev–Trinajstić information content (AvgIpc) is 2.98. The molecular weight excluding hydrogens is 554 g/mol. The van der Waals surface area contributed by atoms with Crippen molar-refractivity contribution in [3.63, 3.8) is 0 Å². The topological polar surface area (TPSA) is 171 Å². The monoisotopic (exact) mass is 577 g/mol. The van der Waals surface area contributed by atoms with Crippen molar-refractivity contribution in [3.05, 3.63) is 106 Å². The van der Waals surface area contributed by atoms with Crippen LogP contribution in [-0.4, -0.2) is 44.7 Å². The Morgan fingerprint density at radius 2 is 1.78 bits per heavy atom. The molecule has 0 spiro atoms. The number of nitro groups is 1. The molecule has 2 N–H and O–H groups in total. The van der Waals surface area contributed by atoms with Crippen LogP contribution in [0.5, 0.6) is 17.2 Å². The van der Waals surface area contributed by atoms with E-state index in [0.717, 1.165) is 12.1 Å². The number of pyridine rings is 1. The van der Waals surface area contributed by atoms with E-state index in [1.807, 2.05) is 0 Å². The highest BCUT2D eigenvalue weighted by molar-refractivity contribution is 7.92. The summed E-state index contributed by atoms with van der Waals surface area (Å²) in [6.07, 6.45) is 4.27. The third-order valence-corrected chi connectivity index (χ3v) is 6.92. The van der Waals surface area contributed by atoms with Crippen LogP contribution < -0.4 is 24.4 Å². The largest absolute Gasteiger partial charge is 0.497 e. The number of hydrogen-bond acceptors (Lipinski definition) is 11. The van der Waals surface area contributed by atoms with Crippen molar-refractivity contribution in [1.82, 2.24) is 4.98 Å². The molecule has 13 nitrogen and oxygen atoms in total. The number of hydrazone groups is 1. The summed E-state index contributed by atoms with van der Waals surface area (Å²) < 4.78 is 44.5. The second kappa shape index (κ2) is 12.6. The molecule has 41 heavy (non-hydrogen) atoms. The summed E-state index contributed by atoms with van der Waals surface area (Å²) in [6, 6.07) is 17.3. The molecule has 4 aromatic rings. The zero-order chi connectivity index (χ0) is 29.4. The summed E-state index contributed by atoms with van der Waals surface area (Å²) in [7, 11) is -1.39. The Hall–Kier alpha value is -5.50. The maximum absolute atomic E-state index is 13.2. The highest BCUT2D eigenvalue weighted by atomic mass is 32.2. The third kappa shape index (κ3) is 7.13. The zero-order valence-electron chi connectivity index (χ0n) is 21.7. The van der Waals surface area contributed by atoms with Gasteiger partial charge in [0.25, 0.3) is 15.7 Å². The quantitative estimate of drug-likeness (QED) is 0.0851. The molecule has 0 fully saturated rings. The van der Waals surface area contributed by atoms with E-state index < -0.39 is 31.5 Å². The summed E-state index contributed by atoms with van der Waals surface area (Å²) in [5.74, 6) is 0.319. The van der Waals surface area contributed by atoms with Gasteiger partial charge in [-0.3, -0.25) is 25.2 Å². The molecular formula is C27H23N5O8S. The van der Waals surface area contributed by atoms with Crippen LogP contribution in [0.1, 0.15) is 15.9 Å². The Morgan fingerprint density at radius 3 is 2.44 bits per heavy atom. The molecule has 1 heterocycles. The van der Waals surface area contributed by atoms with Gasteiger partial charge in [0, 0.05) is 30.2 Å². The van der Waals surface area contributed by atoms with E-state index in [0.29, 0.717) is 11.3 Å². The summed E-state index contributed by atoms with van der Waals surface area (Å²) in [4.78, 5) is 26.5. The van der Waals surface area contributed by atoms with Crippen molar-refractivity contribution in [1.29, 1.82) is 0 Å². The van der Waals surface area contributed by atoms with Gasteiger partial charge < -0.3 is 14.2 Å². The smallest absolute Gasteiger partial charge is 0.345 e. The number of nitro benzene ring substituents is 1. The Morgan fingerprint density at radius 1 is 1.00 bits per heavy atom. The molecule has 1 aromatic heterocycles. The number of hydrogen-bond donors (Lipinski definition) is 2. The Kier molecular flexibility index (Phi) is 8.74.